The maximum absolute atomic E-state index is 6.56. The Labute approximate surface area is 280 Å². The predicted molar refractivity (Wildman–Crippen MR) is 201 cm³/mol. The second-order valence-electron chi connectivity index (χ2n) is 12.1. The third-order valence-corrected chi connectivity index (χ3v) is 10.3. The number of aromatic nitrogens is 2. The first-order valence-electron chi connectivity index (χ1n) is 16.1. The van der Waals surface area contributed by atoms with Crippen molar-refractivity contribution >= 4 is 65.2 Å². The molecule has 0 N–H and O–H groups in total. The molecule has 0 saturated carbocycles. The first-order valence-corrected chi connectivity index (χ1v) is 16.9. The molecule has 0 bridgehead atoms. The van der Waals surface area contributed by atoms with E-state index in [1.54, 1.807) is 11.3 Å². The molecular weight excluding hydrogens is 605 g/mol. The average Bonchev–Trinajstić information content (AvgIpc) is 3.76. The number of para-hydroxylation sites is 3. The fourth-order valence-electron chi connectivity index (χ4n) is 7.10. The number of rotatable bonds is 4. The Morgan fingerprint density at radius 3 is 1.90 bits per heavy atom. The number of thiazole rings is 1. The Hall–Kier alpha value is -6.10. The first kappa shape index (κ1) is 27.1. The summed E-state index contributed by atoms with van der Waals surface area (Å²) in [5, 5.41) is 6.66. The molecule has 4 heteroatoms. The van der Waals surface area contributed by atoms with Crippen molar-refractivity contribution in [2.45, 2.75) is 0 Å². The zero-order chi connectivity index (χ0) is 31.6. The van der Waals surface area contributed by atoms with Gasteiger partial charge >= 0.3 is 0 Å². The molecule has 0 amide bonds. The summed E-state index contributed by atoms with van der Waals surface area (Å²) in [6.07, 6.45) is 0. The SMILES string of the molecule is c1ccc(-c2c3c(cc4c(-c5cccc(-c6cccc(-c7nc8ccccc8s7)c6)c5)nc5ccccc5c24)oc2ccccc23)cc1. The molecule has 10 aromatic rings. The highest BCUT2D eigenvalue weighted by molar-refractivity contribution is 7.21. The topological polar surface area (TPSA) is 38.9 Å². The summed E-state index contributed by atoms with van der Waals surface area (Å²) >= 11 is 1.73. The molecule has 3 nitrogen and oxygen atoms in total. The summed E-state index contributed by atoms with van der Waals surface area (Å²) in [6, 6.07) is 55.5. The minimum Gasteiger partial charge on any atom is -0.456 e. The second-order valence-corrected chi connectivity index (χ2v) is 13.2. The van der Waals surface area contributed by atoms with Crippen LogP contribution in [0, 0.1) is 0 Å². The van der Waals surface area contributed by atoms with Crippen LogP contribution in [0.25, 0.3) is 97.9 Å². The molecule has 0 spiro atoms. The summed E-state index contributed by atoms with van der Waals surface area (Å²) in [7, 11) is 0. The van der Waals surface area contributed by atoms with Crippen molar-refractivity contribution < 1.29 is 4.42 Å². The lowest BCUT2D eigenvalue weighted by atomic mass is 9.89. The third kappa shape index (κ3) is 4.27. The van der Waals surface area contributed by atoms with Gasteiger partial charge in [0, 0.05) is 43.6 Å². The van der Waals surface area contributed by atoms with Gasteiger partial charge < -0.3 is 4.42 Å². The fraction of sp³-hybridized carbons (Fsp3) is 0. The van der Waals surface area contributed by atoms with Crippen LogP contribution in [0.3, 0.4) is 0 Å². The maximum atomic E-state index is 6.56. The number of furan rings is 1. The molecule has 3 heterocycles. The first-order chi connectivity index (χ1) is 23.8. The average molecular weight is 631 g/mol. The molecule has 0 radical (unpaired) electrons. The van der Waals surface area contributed by atoms with Crippen LogP contribution in [-0.4, -0.2) is 9.97 Å². The molecular formula is C44H26N2OS. The van der Waals surface area contributed by atoms with Crippen LogP contribution in [-0.2, 0) is 0 Å². The second kappa shape index (κ2) is 10.7. The minimum absolute atomic E-state index is 0.862. The van der Waals surface area contributed by atoms with E-state index in [1.807, 2.05) is 12.1 Å². The van der Waals surface area contributed by atoms with Crippen molar-refractivity contribution in [3.8, 4) is 44.1 Å². The molecule has 10 rings (SSSR count). The molecule has 0 saturated heterocycles. The molecule has 7 aromatic carbocycles. The number of fused-ring (bicyclic) bond motifs is 7. The van der Waals surface area contributed by atoms with Crippen LogP contribution in [0.4, 0.5) is 0 Å². The Morgan fingerprint density at radius 1 is 0.417 bits per heavy atom. The van der Waals surface area contributed by atoms with Gasteiger partial charge in [0.05, 0.1) is 21.4 Å². The summed E-state index contributed by atoms with van der Waals surface area (Å²) in [4.78, 5) is 10.3. The lowest BCUT2D eigenvalue weighted by molar-refractivity contribution is 0.669. The Morgan fingerprint density at radius 2 is 1.06 bits per heavy atom. The van der Waals surface area contributed by atoms with Crippen LogP contribution in [0.5, 0.6) is 0 Å². The highest BCUT2D eigenvalue weighted by atomic mass is 32.1. The lowest BCUT2D eigenvalue weighted by Gasteiger charge is -2.16. The molecule has 0 aliphatic carbocycles. The standard InChI is InChI=1S/C44H26N2OS/c1-2-12-27(13-3-1)40-41-32-18-4-6-20-35(32)45-43(34(41)26-38-42(40)33-19-5-8-22-37(33)47-38)30-16-10-14-28(24-30)29-15-11-17-31(25-29)44-46-36-21-7-9-23-39(36)48-44/h1-26H. The van der Waals surface area contributed by atoms with E-state index >= 15 is 0 Å². The molecule has 3 aromatic heterocycles. The number of benzene rings is 7. The van der Waals surface area contributed by atoms with E-state index in [1.165, 1.54) is 15.6 Å². The van der Waals surface area contributed by atoms with Gasteiger partial charge in [-0.15, -0.1) is 11.3 Å². The smallest absolute Gasteiger partial charge is 0.136 e. The van der Waals surface area contributed by atoms with Crippen LogP contribution in [0.15, 0.2) is 162 Å². The van der Waals surface area contributed by atoms with Crippen molar-refractivity contribution in [3.05, 3.63) is 158 Å². The molecule has 0 aliphatic rings. The summed E-state index contributed by atoms with van der Waals surface area (Å²) < 4.78 is 7.76. The number of pyridine rings is 1. The summed E-state index contributed by atoms with van der Waals surface area (Å²) in [5.74, 6) is 0. The van der Waals surface area contributed by atoms with E-state index in [9.17, 15) is 0 Å². The van der Waals surface area contributed by atoms with E-state index in [0.29, 0.717) is 0 Å². The molecule has 48 heavy (non-hydrogen) atoms. The van der Waals surface area contributed by atoms with Crippen LogP contribution >= 0.6 is 11.3 Å². The summed E-state index contributed by atoms with van der Waals surface area (Å²) in [5.41, 5.74) is 11.5. The molecule has 0 atom stereocenters. The van der Waals surface area contributed by atoms with Crippen molar-refractivity contribution in [1.82, 2.24) is 9.97 Å². The Bertz CT molecular complexity index is 2810. The van der Waals surface area contributed by atoms with Crippen molar-refractivity contribution in [2.75, 3.05) is 0 Å². The highest BCUT2D eigenvalue weighted by Gasteiger charge is 2.21. The van der Waals surface area contributed by atoms with Gasteiger partial charge in [-0.1, -0.05) is 115 Å². The molecule has 0 fully saturated rings. The van der Waals surface area contributed by atoms with Gasteiger partial charge in [-0.05, 0) is 59.2 Å². The van der Waals surface area contributed by atoms with Gasteiger partial charge in [-0.25, -0.2) is 9.97 Å². The third-order valence-electron chi connectivity index (χ3n) is 9.26. The normalized spacial score (nSPS) is 11.8. The van der Waals surface area contributed by atoms with Crippen molar-refractivity contribution in [1.29, 1.82) is 0 Å². The van der Waals surface area contributed by atoms with Gasteiger partial charge in [0.2, 0.25) is 0 Å². The van der Waals surface area contributed by atoms with Crippen LogP contribution < -0.4 is 0 Å². The van der Waals surface area contributed by atoms with Gasteiger partial charge in [-0.2, -0.15) is 0 Å². The van der Waals surface area contributed by atoms with Crippen molar-refractivity contribution in [2.24, 2.45) is 0 Å². The van der Waals surface area contributed by atoms with E-state index in [-0.39, 0.29) is 0 Å². The Kier molecular flexibility index (Phi) is 6.05. The maximum Gasteiger partial charge on any atom is 0.136 e. The largest absolute Gasteiger partial charge is 0.456 e. The van der Waals surface area contributed by atoms with Gasteiger partial charge in [0.25, 0.3) is 0 Å². The number of nitrogens with zero attached hydrogens (tertiary/aromatic N) is 2. The quantitative estimate of drug-likeness (QED) is 0.182. The lowest BCUT2D eigenvalue weighted by Crippen LogP contribution is -1.93. The van der Waals surface area contributed by atoms with E-state index in [0.717, 1.165) is 82.3 Å². The molecule has 0 aliphatic heterocycles. The number of hydrogen-bond donors (Lipinski definition) is 0. The van der Waals surface area contributed by atoms with Gasteiger partial charge in [0.1, 0.15) is 16.2 Å². The van der Waals surface area contributed by atoms with Crippen molar-refractivity contribution in [3.63, 3.8) is 0 Å². The monoisotopic (exact) mass is 630 g/mol. The van der Waals surface area contributed by atoms with Gasteiger partial charge in [0.15, 0.2) is 0 Å². The zero-order valence-corrected chi connectivity index (χ0v) is 26.5. The van der Waals surface area contributed by atoms with E-state index in [4.69, 9.17) is 14.4 Å². The molecule has 0 unspecified atom stereocenters. The van der Waals surface area contributed by atoms with Crippen LogP contribution in [0.1, 0.15) is 0 Å². The van der Waals surface area contributed by atoms with Crippen LogP contribution in [0.2, 0.25) is 0 Å². The molecule has 224 valence electrons. The van der Waals surface area contributed by atoms with Gasteiger partial charge in [-0.3, -0.25) is 0 Å². The zero-order valence-electron chi connectivity index (χ0n) is 25.7. The highest BCUT2D eigenvalue weighted by Crippen LogP contribution is 2.46. The van der Waals surface area contributed by atoms with E-state index in [2.05, 4.69) is 146 Å². The minimum atomic E-state index is 0.862. The fourth-order valence-corrected chi connectivity index (χ4v) is 8.07. The van der Waals surface area contributed by atoms with E-state index < -0.39 is 0 Å². The Balaban J connectivity index is 1.23. The number of hydrogen-bond acceptors (Lipinski definition) is 4. The predicted octanol–water partition coefficient (Wildman–Crippen LogP) is 12.6. The summed E-state index contributed by atoms with van der Waals surface area (Å²) in [6.45, 7) is 0.